The summed E-state index contributed by atoms with van der Waals surface area (Å²) in [4.78, 5) is 0. The van der Waals surface area contributed by atoms with Crippen LogP contribution < -0.4 is 9.47 Å². The maximum absolute atomic E-state index is 13.8. The number of hydrogen-bond donors (Lipinski definition) is 0. The summed E-state index contributed by atoms with van der Waals surface area (Å²) in [6.07, 6.45) is 0. The van der Waals surface area contributed by atoms with Gasteiger partial charge in [0.25, 0.3) is 0 Å². The first-order valence-corrected chi connectivity index (χ1v) is 5.82. The molecular weight excluding hydrogens is 250 g/mol. The van der Waals surface area contributed by atoms with E-state index in [0.717, 1.165) is 0 Å². The van der Waals surface area contributed by atoms with Gasteiger partial charge in [0.2, 0.25) is 0 Å². The van der Waals surface area contributed by atoms with E-state index in [1.807, 2.05) is 0 Å². The highest BCUT2D eigenvalue weighted by Crippen LogP contribution is 2.22. The molecule has 2 aromatic carbocycles. The van der Waals surface area contributed by atoms with Gasteiger partial charge in [-0.15, -0.1) is 0 Å². The van der Waals surface area contributed by atoms with Gasteiger partial charge >= 0.3 is 0 Å². The van der Waals surface area contributed by atoms with Gasteiger partial charge in [0.1, 0.15) is 18.2 Å². The predicted molar refractivity (Wildman–Crippen MR) is 68.4 cm³/mol. The Bertz CT molecular complexity index is 582. The molecule has 0 aliphatic carbocycles. The van der Waals surface area contributed by atoms with Crippen LogP contribution in [0, 0.1) is 18.6 Å². The van der Waals surface area contributed by atoms with Crippen molar-refractivity contribution in [1.29, 1.82) is 0 Å². The summed E-state index contributed by atoms with van der Waals surface area (Å²) in [5.74, 6) is -0.275. The smallest absolute Gasteiger partial charge is 0.171 e. The summed E-state index contributed by atoms with van der Waals surface area (Å²) in [5.41, 5.74) is 0.903. The van der Waals surface area contributed by atoms with Crippen molar-refractivity contribution in [2.24, 2.45) is 0 Å². The van der Waals surface area contributed by atoms with Crippen molar-refractivity contribution in [2.45, 2.75) is 13.5 Å². The fourth-order valence-electron chi connectivity index (χ4n) is 1.65. The Labute approximate surface area is 110 Å². The number of benzene rings is 2. The molecule has 0 atom stereocenters. The van der Waals surface area contributed by atoms with Crippen LogP contribution in [0.1, 0.15) is 11.1 Å². The molecule has 0 amide bonds. The molecule has 0 fully saturated rings. The molecule has 0 saturated carbocycles. The van der Waals surface area contributed by atoms with Crippen molar-refractivity contribution < 1.29 is 18.3 Å². The monoisotopic (exact) mass is 264 g/mol. The van der Waals surface area contributed by atoms with Crippen molar-refractivity contribution in [3.05, 3.63) is 59.2 Å². The molecule has 0 saturated heterocycles. The van der Waals surface area contributed by atoms with E-state index >= 15 is 0 Å². The predicted octanol–water partition coefficient (Wildman–Crippen LogP) is 3.86. The van der Waals surface area contributed by atoms with Crippen molar-refractivity contribution in [3.8, 4) is 11.5 Å². The molecule has 0 aliphatic rings. The second-order valence-corrected chi connectivity index (χ2v) is 4.13. The minimum absolute atomic E-state index is 0.0194. The Morgan fingerprint density at radius 2 is 1.89 bits per heavy atom. The van der Waals surface area contributed by atoms with Gasteiger partial charge in [0.15, 0.2) is 11.6 Å². The molecule has 19 heavy (non-hydrogen) atoms. The van der Waals surface area contributed by atoms with Gasteiger partial charge in [0, 0.05) is 11.6 Å². The lowest BCUT2D eigenvalue weighted by Crippen LogP contribution is -2.00. The highest BCUT2D eigenvalue weighted by atomic mass is 19.1. The third-order valence-electron chi connectivity index (χ3n) is 2.80. The standard InChI is InChI=1S/C15H14F2O2/c1-10-6-7-12(8-13(10)16)19-9-11-4-3-5-14(18-2)15(11)17/h3-8H,9H2,1-2H3. The fraction of sp³-hybridized carbons (Fsp3) is 0.200. The summed E-state index contributed by atoms with van der Waals surface area (Å²) in [6.45, 7) is 1.69. The Balaban J connectivity index is 2.12. The fourth-order valence-corrected chi connectivity index (χ4v) is 1.65. The minimum Gasteiger partial charge on any atom is -0.494 e. The molecule has 0 radical (unpaired) electrons. The van der Waals surface area contributed by atoms with Gasteiger partial charge < -0.3 is 9.47 Å². The first-order valence-electron chi connectivity index (χ1n) is 5.82. The molecule has 4 heteroatoms. The van der Waals surface area contributed by atoms with Gasteiger partial charge in [-0.2, -0.15) is 0 Å². The Kier molecular flexibility index (Phi) is 4.00. The second-order valence-electron chi connectivity index (χ2n) is 4.13. The van der Waals surface area contributed by atoms with Crippen LogP contribution in [-0.2, 0) is 6.61 Å². The first kappa shape index (κ1) is 13.3. The quantitative estimate of drug-likeness (QED) is 0.834. The van der Waals surface area contributed by atoms with E-state index in [1.54, 1.807) is 31.2 Å². The first-order chi connectivity index (χ1) is 9.11. The van der Waals surface area contributed by atoms with Gasteiger partial charge in [0.05, 0.1) is 7.11 Å². The van der Waals surface area contributed by atoms with E-state index in [0.29, 0.717) is 16.9 Å². The molecular formula is C15H14F2O2. The van der Waals surface area contributed by atoms with Gasteiger partial charge in [-0.1, -0.05) is 18.2 Å². The number of rotatable bonds is 4. The van der Waals surface area contributed by atoms with Crippen LogP contribution in [0.3, 0.4) is 0 Å². The Morgan fingerprint density at radius 1 is 1.11 bits per heavy atom. The zero-order valence-electron chi connectivity index (χ0n) is 10.7. The van der Waals surface area contributed by atoms with Gasteiger partial charge in [-0.25, -0.2) is 8.78 Å². The van der Waals surface area contributed by atoms with Crippen LogP contribution in [0.5, 0.6) is 11.5 Å². The number of halogens is 2. The average molecular weight is 264 g/mol. The van der Waals surface area contributed by atoms with E-state index in [9.17, 15) is 8.78 Å². The van der Waals surface area contributed by atoms with Crippen LogP contribution >= 0.6 is 0 Å². The minimum atomic E-state index is -0.461. The third kappa shape index (κ3) is 3.02. The van der Waals surface area contributed by atoms with Gasteiger partial charge in [-0.3, -0.25) is 0 Å². The summed E-state index contributed by atoms with van der Waals surface area (Å²) >= 11 is 0. The normalized spacial score (nSPS) is 10.3. The third-order valence-corrected chi connectivity index (χ3v) is 2.80. The van der Waals surface area contributed by atoms with E-state index in [2.05, 4.69) is 0 Å². The van der Waals surface area contributed by atoms with Crippen molar-refractivity contribution >= 4 is 0 Å². The number of hydrogen-bond acceptors (Lipinski definition) is 2. The lowest BCUT2D eigenvalue weighted by Gasteiger charge is -2.09. The van der Waals surface area contributed by atoms with E-state index < -0.39 is 5.82 Å². The molecule has 0 aromatic heterocycles. The van der Waals surface area contributed by atoms with Crippen molar-refractivity contribution in [2.75, 3.05) is 7.11 Å². The number of ether oxygens (including phenoxy) is 2. The summed E-state index contributed by atoms with van der Waals surface area (Å²) < 4.78 is 37.4. The molecule has 0 heterocycles. The maximum atomic E-state index is 13.8. The molecule has 2 aromatic rings. The molecule has 0 bridgehead atoms. The maximum Gasteiger partial charge on any atom is 0.171 e. The molecule has 0 unspecified atom stereocenters. The number of methoxy groups -OCH3 is 1. The van der Waals surface area contributed by atoms with E-state index in [1.165, 1.54) is 19.2 Å². The highest BCUT2D eigenvalue weighted by Gasteiger charge is 2.09. The second kappa shape index (κ2) is 5.69. The molecule has 2 nitrogen and oxygen atoms in total. The highest BCUT2D eigenvalue weighted by molar-refractivity contribution is 5.32. The van der Waals surface area contributed by atoms with E-state index in [4.69, 9.17) is 9.47 Å². The summed E-state index contributed by atoms with van der Waals surface area (Å²) in [6, 6.07) is 9.36. The zero-order valence-corrected chi connectivity index (χ0v) is 10.7. The molecule has 0 N–H and O–H groups in total. The zero-order chi connectivity index (χ0) is 13.8. The Hall–Kier alpha value is -2.10. The molecule has 0 spiro atoms. The summed E-state index contributed by atoms with van der Waals surface area (Å²) in [5, 5.41) is 0. The lowest BCUT2D eigenvalue weighted by molar-refractivity contribution is 0.294. The SMILES string of the molecule is COc1cccc(COc2ccc(C)c(F)c2)c1F. The van der Waals surface area contributed by atoms with E-state index in [-0.39, 0.29) is 18.2 Å². The van der Waals surface area contributed by atoms with Crippen molar-refractivity contribution in [1.82, 2.24) is 0 Å². The topological polar surface area (TPSA) is 18.5 Å². The Morgan fingerprint density at radius 3 is 2.58 bits per heavy atom. The lowest BCUT2D eigenvalue weighted by atomic mass is 10.2. The van der Waals surface area contributed by atoms with Crippen LogP contribution in [0.15, 0.2) is 36.4 Å². The van der Waals surface area contributed by atoms with Crippen LogP contribution in [-0.4, -0.2) is 7.11 Å². The molecule has 100 valence electrons. The van der Waals surface area contributed by atoms with Gasteiger partial charge in [-0.05, 0) is 24.6 Å². The summed E-state index contributed by atoms with van der Waals surface area (Å²) in [7, 11) is 1.40. The molecule has 2 rings (SSSR count). The van der Waals surface area contributed by atoms with Crippen LogP contribution in [0.25, 0.3) is 0 Å². The van der Waals surface area contributed by atoms with Crippen LogP contribution in [0.4, 0.5) is 8.78 Å². The van der Waals surface area contributed by atoms with Crippen LogP contribution in [0.2, 0.25) is 0 Å². The van der Waals surface area contributed by atoms with Crippen molar-refractivity contribution in [3.63, 3.8) is 0 Å². The molecule has 0 aliphatic heterocycles. The number of aryl methyl sites for hydroxylation is 1. The largest absolute Gasteiger partial charge is 0.494 e. The average Bonchev–Trinajstić information content (AvgIpc) is 2.41.